The van der Waals surface area contributed by atoms with Gasteiger partial charge in [-0.2, -0.15) is 0 Å². The van der Waals surface area contributed by atoms with Crippen molar-refractivity contribution in [1.82, 2.24) is 4.72 Å². The molecule has 5 nitrogen and oxygen atoms in total. The Balaban J connectivity index is 2.19. The number of sulfonamides is 1. The highest BCUT2D eigenvalue weighted by Gasteiger charge is 2.29. The van der Waals surface area contributed by atoms with Crippen molar-refractivity contribution in [3.8, 4) is 0 Å². The molecule has 0 amide bonds. The number of thiophene rings is 1. The maximum atomic E-state index is 12.4. The molecule has 0 aromatic carbocycles. The molecule has 2 N–H and O–H groups in total. The molecule has 0 spiro atoms. The molecule has 19 heavy (non-hydrogen) atoms. The lowest BCUT2D eigenvalue weighted by molar-refractivity contribution is 0.0902. The Hall–Kier alpha value is -0.470. The Morgan fingerprint density at radius 3 is 2.95 bits per heavy atom. The number of hydrogen-bond acceptors (Lipinski definition) is 5. The van der Waals surface area contributed by atoms with Gasteiger partial charge in [0.1, 0.15) is 4.90 Å². The Labute approximate surface area is 117 Å². The normalized spacial score (nSPS) is 21.7. The Morgan fingerprint density at radius 1 is 1.63 bits per heavy atom. The number of aliphatic hydroxyl groups is 1. The van der Waals surface area contributed by atoms with Gasteiger partial charge < -0.3 is 9.84 Å². The summed E-state index contributed by atoms with van der Waals surface area (Å²) in [6, 6.07) is -0.265. The molecule has 1 aromatic rings. The molecular formula is C12H19NO4S2. The summed E-state index contributed by atoms with van der Waals surface area (Å²) in [5.74, 6) is 0. The monoisotopic (exact) mass is 305 g/mol. The van der Waals surface area contributed by atoms with E-state index >= 15 is 0 Å². The van der Waals surface area contributed by atoms with Gasteiger partial charge in [0.05, 0.1) is 17.6 Å². The van der Waals surface area contributed by atoms with Crippen LogP contribution in [0.15, 0.2) is 10.3 Å². The van der Waals surface area contributed by atoms with Gasteiger partial charge in [0.2, 0.25) is 10.0 Å². The van der Waals surface area contributed by atoms with E-state index in [-0.39, 0.29) is 23.6 Å². The number of ether oxygens (including phenoxy) is 1. The van der Waals surface area contributed by atoms with Crippen molar-refractivity contribution in [2.75, 3.05) is 6.61 Å². The molecule has 1 aromatic heterocycles. The Morgan fingerprint density at radius 2 is 2.37 bits per heavy atom. The summed E-state index contributed by atoms with van der Waals surface area (Å²) in [7, 11) is -3.61. The second-order valence-corrected chi connectivity index (χ2v) is 7.41. The fourth-order valence-electron chi connectivity index (χ4n) is 2.33. The summed E-state index contributed by atoms with van der Waals surface area (Å²) < 4.78 is 32.9. The maximum Gasteiger partial charge on any atom is 0.242 e. The maximum absolute atomic E-state index is 12.4. The van der Waals surface area contributed by atoms with Crippen molar-refractivity contribution in [2.45, 2.75) is 50.3 Å². The number of hydrogen-bond donors (Lipinski definition) is 2. The number of aryl methyl sites for hydroxylation is 1. The molecule has 1 saturated heterocycles. The summed E-state index contributed by atoms with van der Waals surface area (Å²) in [4.78, 5) is 0.689. The summed E-state index contributed by atoms with van der Waals surface area (Å²) >= 11 is 1.26. The van der Waals surface area contributed by atoms with Gasteiger partial charge >= 0.3 is 0 Å². The minimum atomic E-state index is -3.61. The lowest BCUT2D eigenvalue weighted by atomic mass is 10.1. The SMILES string of the molecule is Cc1csc(CO)c1S(=O)(=O)NC(C)C1CCCO1. The zero-order chi connectivity index (χ0) is 14.0. The zero-order valence-corrected chi connectivity index (χ0v) is 12.7. The predicted octanol–water partition coefficient (Wildman–Crippen LogP) is 1.39. The molecule has 0 saturated carbocycles. The van der Waals surface area contributed by atoms with Crippen molar-refractivity contribution in [2.24, 2.45) is 0 Å². The molecule has 2 rings (SSSR count). The van der Waals surface area contributed by atoms with Gasteiger partial charge in [-0.3, -0.25) is 0 Å². The van der Waals surface area contributed by atoms with Gasteiger partial charge in [-0.1, -0.05) is 0 Å². The minimum absolute atomic E-state index is 0.0636. The first-order valence-corrected chi connectivity index (χ1v) is 8.63. The molecular weight excluding hydrogens is 286 g/mol. The standard InChI is InChI=1S/C12H19NO4S2/c1-8-7-18-11(6-14)12(8)19(15,16)13-9(2)10-4-3-5-17-10/h7,9-10,13-14H,3-6H2,1-2H3. The molecule has 1 fully saturated rings. The molecule has 2 unspecified atom stereocenters. The second-order valence-electron chi connectivity index (χ2n) is 4.79. The average molecular weight is 305 g/mol. The molecule has 0 aliphatic carbocycles. The molecule has 1 aliphatic heterocycles. The highest BCUT2D eigenvalue weighted by atomic mass is 32.2. The van der Waals surface area contributed by atoms with E-state index < -0.39 is 10.0 Å². The van der Waals surface area contributed by atoms with Crippen LogP contribution >= 0.6 is 11.3 Å². The van der Waals surface area contributed by atoms with E-state index in [4.69, 9.17) is 4.74 Å². The summed E-state index contributed by atoms with van der Waals surface area (Å²) in [6.45, 7) is 3.98. The van der Waals surface area contributed by atoms with Crippen LogP contribution in [0, 0.1) is 6.92 Å². The average Bonchev–Trinajstić information content (AvgIpc) is 2.96. The van der Waals surface area contributed by atoms with Crippen LogP contribution in [0.2, 0.25) is 0 Å². The molecule has 0 radical (unpaired) electrons. The third-order valence-electron chi connectivity index (χ3n) is 3.27. The summed E-state index contributed by atoms with van der Waals surface area (Å²) in [6.07, 6.45) is 1.78. The molecule has 0 bridgehead atoms. The van der Waals surface area contributed by atoms with Crippen LogP contribution in [0.3, 0.4) is 0 Å². The van der Waals surface area contributed by atoms with E-state index in [1.165, 1.54) is 11.3 Å². The van der Waals surface area contributed by atoms with Gasteiger partial charge in [-0.25, -0.2) is 13.1 Å². The molecule has 2 atom stereocenters. The molecule has 2 heterocycles. The first-order valence-electron chi connectivity index (χ1n) is 6.27. The highest BCUT2D eigenvalue weighted by Crippen LogP contribution is 2.27. The van der Waals surface area contributed by atoms with Crippen molar-refractivity contribution >= 4 is 21.4 Å². The summed E-state index contributed by atoms with van der Waals surface area (Å²) in [5, 5.41) is 11.0. The van der Waals surface area contributed by atoms with E-state index in [0.29, 0.717) is 17.0 Å². The first kappa shape index (κ1) is 14.9. The Bertz CT molecular complexity index is 532. The van der Waals surface area contributed by atoms with Crippen LogP contribution in [-0.4, -0.2) is 32.3 Å². The van der Waals surface area contributed by atoms with Gasteiger partial charge in [-0.15, -0.1) is 11.3 Å². The van der Waals surface area contributed by atoms with Crippen molar-refractivity contribution < 1.29 is 18.3 Å². The number of aliphatic hydroxyl groups excluding tert-OH is 1. The van der Waals surface area contributed by atoms with E-state index in [9.17, 15) is 13.5 Å². The fourth-order valence-corrected chi connectivity index (χ4v) is 5.27. The van der Waals surface area contributed by atoms with E-state index in [2.05, 4.69) is 4.72 Å². The number of rotatable bonds is 5. The quantitative estimate of drug-likeness (QED) is 0.862. The lowest BCUT2D eigenvalue weighted by Gasteiger charge is -2.20. The van der Waals surface area contributed by atoms with Crippen molar-refractivity contribution in [1.29, 1.82) is 0 Å². The topological polar surface area (TPSA) is 75.6 Å². The van der Waals surface area contributed by atoms with Crippen LogP contribution in [0.25, 0.3) is 0 Å². The van der Waals surface area contributed by atoms with Gasteiger partial charge in [0.25, 0.3) is 0 Å². The number of nitrogens with one attached hydrogen (secondary N) is 1. The van der Waals surface area contributed by atoms with Crippen LogP contribution < -0.4 is 4.72 Å². The van der Waals surface area contributed by atoms with Crippen LogP contribution in [0.5, 0.6) is 0 Å². The molecule has 108 valence electrons. The van der Waals surface area contributed by atoms with Crippen LogP contribution in [-0.2, 0) is 21.4 Å². The van der Waals surface area contributed by atoms with E-state index in [1.807, 2.05) is 6.92 Å². The second kappa shape index (κ2) is 5.88. The minimum Gasteiger partial charge on any atom is -0.391 e. The van der Waals surface area contributed by atoms with Gasteiger partial charge in [-0.05, 0) is 37.6 Å². The van der Waals surface area contributed by atoms with Crippen LogP contribution in [0.4, 0.5) is 0 Å². The molecule has 1 aliphatic rings. The van der Waals surface area contributed by atoms with Gasteiger partial charge in [0, 0.05) is 12.6 Å². The third-order valence-corrected chi connectivity index (χ3v) is 6.27. The van der Waals surface area contributed by atoms with Gasteiger partial charge in [0.15, 0.2) is 0 Å². The van der Waals surface area contributed by atoms with Crippen molar-refractivity contribution in [3.63, 3.8) is 0 Å². The molecule has 7 heteroatoms. The zero-order valence-electron chi connectivity index (χ0n) is 11.0. The van der Waals surface area contributed by atoms with Crippen LogP contribution in [0.1, 0.15) is 30.2 Å². The smallest absolute Gasteiger partial charge is 0.242 e. The highest BCUT2D eigenvalue weighted by molar-refractivity contribution is 7.89. The fraction of sp³-hybridized carbons (Fsp3) is 0.667. The first-order chi connectivity index (χ1) is 8.95. The largest absolute Gasteiger partial charge is 0.391 e. The lowest BCUT2D eigenvalue weighted by Crippen LogP contribution is -2.41. The van der Waals surface area contributed by atoms with Crippen molar-refractivity contribution in [3.05, 3.63) is 15.8 Å². The van der Waals surface area contributed by atoms with E-state index in [1.54, 1.807) is 12.3 Å². The summed E-state index contributed by atoms with van der Waals surface area (Å²) in [5.41, 5.74) is 0.668. The third kappa shape index (κ3) is 3.17. The Kier molecular flexibility index (Phi) is 4.62. The predicted molar refractivity (Wildman–Crippen MR) is 73.7 cm³/mol. The van der Waals surface area contributed by atoms with E-state index in [0.717, 1.165) is 12.8 Å².